The fourth-order valence-electron chi connectivity index (χ4n) is 4.38. The van der Waals surface area contributed by atoms with Crippen molar-refractivity contribution in [1.29, 1.82) is 0 Å². The molecule has 0 saturated carbocycles. The molecular formula is C30H48O4SSi2. The Morgan fingerprint density at radius 1 is 0.892 bits per heavy atom. The predicted molar refractivity (Wildman–Crippen MR) is 164 cm³/mol. The lowest BCUT2D eigenvalue weighted by atomic mass is 9.77. The number of carbonyl (C=O) groups excluding carboxylic acids is 1. The number of allylic oxidation sites excluding steroid dienone is 2. The van der Waals surface area contributed by atoms with Crippen LogP contribution in [-0.4, -0.2) is 24.4 Å². The molecule has 206 valence electrons. The molecule has 1 aromatic heterocycles. The van der Waals surface area contributed by atoms with Gasteiger partial charge in [0.2, 0.25) is 0 Å². The van der Waals surface area contributed by atoms with E-state index in [9.17, 15) is 4.79 Å². The maximum Gasteiger partial charge on any atom is 0.171 e. The Morgan fingerprint density at radius 2 is 1.46 bits per heavy atom. The van der Waals surface area contributed by atoms with Gasteiger partial charge in [0.1, 0.15) is 18.6 Å². The van der Waals surface area contributed by atoms with Crippen molar-refractivity contribution in [3.8, 4) is 5.75 Å². The Bertz CT molecular complexity index is 1040. The minimum atomic E-state index is -1.32. The number of benzene rings is 1. The van der Waals surface area contributed by atoms with E-state index in [1.165, 1.54) is 11.1 Å². The van der Waals surface area contributed by atoms with Crippen molar-refractivity contribution in [2.75, 3.05) is 0 Å². The zero-order valence-electron chi connectivity index (χ0n) is 24.8. The predicted octanol–water partition coefficient (Wildman–Crippen LogP) is 8.49. The molecule has 2 aromatic rings. The van der Waals surface area contributed by atoms with Crippen LogP contribution in [-0.2, 0) is 20.3 Å². The van der Waals surface area contributed by atoms with Crippen LogP contribution in [0.1, 0.15) is 88.0 Å². The summed E-state index contributed by atoms with van der Waals surface area (Å²) in [7, 11) is -2.61. The number of hydrogen-bond donors (Lipinski definition) is 0. The molecule has 2 atom stereocenters. The fraction of sp³-hybridized carbons (Fsp3) is 0.567. The summed E-state index contributed by atoms with van der Waals surface area (Å²) in [5.74, 6) is 0.838. The van der Waals surface area contributed by atoms with Crippen molar-refractivity contribution >= 4 is 41.3 Å². The van der Waals surface area contributed by atoms with Crippen molar-refractivity contribution in [1.82, 2.24) is 0 Å². The van der Waals surface area contributed by atoms with Gasteiger partial charge in [-0.25, -0.2) is 0 Å². The van der Waals surface area contributed by atoms with E-state index in [0.29, 0.717) is 6.61 Å². The van der Waals surface area contributed by atoms with Gasteiger partial charge in [-0.1, -0.05) is 54.5 Å². The zero-order chi connectivity index (χ0) is 28.0. The summed E-state index contributed by atoms with van der Waals surface area (Å²) >= 11 is 1.68. The summed E-state index contributed by atoms with van der Waals surface area (Å²) < 4.78 is 19.7. The number of carbonyl (C=O) groups is 1. The summed E-state index contributed by atoms with van der Waals surface area (Å²) in [6.07, 6.45) is 3.28. The molecule has 1 aromatic carbocycles. The fourth-order valence-corrected chi connectivity index (χ4v) is 7.59. The van der Waals surface area contributed by atoms with Crippen LogP contribution >= 0.6 is 11.3 Å². The number of hydrogen-bond acceptors (Lipinski definition) is 5. The van der Waals surface area contributed by atoms with E-state index in [0.717, 1.165) is 33.8 Å². The Labute approximate surface area is 232 Å². The molecule has 0 saturated heterocycles. The van der Waals surface area contributed by atoms with Gasteiger partial charge in [0, 0.05) is 9.75 Å². The van der Waals surface area contributed by atoms with Crippen LogP contribution in [0.2, 0.25) is 26.2 Å². The molecule has 0 fully saturated rings. The Balaban J connectivity index is 2.50. The zero-order valence-corrected chi connectivity index (χ0v) is 27.9. The molecule has 7 heteroatoms. The smallest absolute Gasteiger partial charge is 0.171 e. The lowest BCUT2D eigenvalue weighted by Crippen LogP contribution is -2.31. The quantitative estimate of drug-likeness (QED) is 0.148. The molecule has 2 unspecified atom stereocenters. The van der Waals surface area contributed by atoms with E-state index in [1.807, 2.05) is 0 Å². The van der Waals surface area contributed by atoms with Crippen molar-refractivity contribution in [3.05, 3.63) is 57.3 Å². The first-order chi connectivity index (χ1) is 17.2. The second kappa shape index (κ2) is 13.5. The Morgan fingerprint density at radius 3 is 1.95 bits per heavy atom. The molecule has 0 bridgehead atoms. The van der Waals surface area contributed by atoms with Gasteiger partial charge in [0.05, 0.1) is 12.2 Å². The minimum absolute atomic E-state index is 0.0116. The van der Waals surface area contributed by atoms with Gasteiger partial charge >= 0.3 is 0 Å². The summed E-state index contributed by atoms with van der Waals surface area (Å²) in [5.41, 5.74) is 3.32. The van der Waals surface area contributed by atoms with Crippen molar-refractivity contribution < 1.29 is 18.4 Å². The molecule has 0 aliphatic carbocycles. The summed E-state index contributed by atoms with van der Waals surface area (Å²) in [6.45, 7) is 25.0. The third-order valence-corrected chi connectivity index (χ3v) is 8.79. The molecule has 0 radical (unpaired) electrons. The molecule has 0 amide bonds. The van der Waals surface area contributed by atoms with Crippen LogP contribution in [0.25, 0.3) is 5.57 Å². The average Bonchev–Trinajstić information content (AvgIpc) is 3.25. The second-order valence-corrected chi connectivity index (χ2v) is 18.3. The van der Waals surface area contributed by atoms with E-state index >= 15 is 0 Å². The lowest BCUT2D eigenvalue weighted by molar-refractivity contribution is -0.104. The molecule has 2 rings (SSSR count). The number of ether oxygens (including phenoxy) is 1. The highest BCUT2D eigenvalue weighted by atomic mass is 32.1. The molecule has 0 spiro atoms. The normalized spacial score (nSPS) is 14.8. The molecule has 0 aliphatic rings. The van der Waals surface area contributed by atoms with Gasteiger partial charge in [-0.05, 0) is 90.5 Å². The van der Waals surface area contributed by atoms with Crippen molar-refractivity contribution in [3.63, 3.8) is 0 Å². The summed E-state index contributed by atoms with van der Waals surface area (Å²) in [6, 6.07) is 10.6. The van der Waals surface area contributed by atoms with Crippen LogP contribution < -0.4 is 4.74 Å². The summed E-state index contributed by atoms with van der Waals surface area (Å²) in [5, 5.41) is 0. The van der Waals surface area contributed by atoms with Crippen LogP contribution in [0, 0.1) is 10.8 Å². The van der Waals surface area contributed by atoms with Gasteiger partial charge < -0.3 is 13.6 Å². The number of aldehydes is 1. The van der Waals surface area contributed by atoms with Gasteiger partial charge in [-0.15, -0.1) is 11.3 Å². The molecule has 1 heterocycles. The van der Waals surface area contributed by atoms with Gasteiger partial charge in [0.15, 0.2) is 18.1 Å². The third kappa shape index (κ3) is 9.32. The topological polar surface area (TPSA) is 44.8 Å². The first-order valence-electron chi connectivity index (χ1n) is 13.5. The molecule has 0 aliphatic heterocycles. The maximum atomic E-state index is 11.0. The van der Waals surface area contributed by atoms with Crippen LogP contribution in [0.5, 0.6) is 5.75 Å². The minimum Gasteiger partial charge on any atom is -0.488 e. The van der Waals surface area contributed by atoms with E-state index in [-0.39, 0.29) is 23.0 Å². The monoisotopic (exact) mass is 560 g/mol. The average molecular weight is 561 g/mol. The first kappa shape index (κ1) is 31.7. The first-order valence-corrected chi connectivity index (χ1v) is 19.9. The number of thiophene rings is 1. The molecular weight excluding hydrogens is 513 g/mol. The SMILES string of the molecule is CCC(=CC=O)c1ccc(COc2ccc(C(O[SiH](C)C)C(C)(C)C)c(C(O[SiH](C)C)C(C)(C)C)c2)s1. The van der Waals surface area contributed by atoms with Gasteiger partial charge in [0.25, 0.3) is 0 Å². The van der Waals surface area contributed by atoms with E-state index in [4.69, 9.17) is 13.6 Å². The number of rotatable bonds is 12. The molecule has 37 heavy (non-hydrogen) atoms. The van der Waals surface area contributed by atoms with Gasteiger partial charge in [-0.3, -0.25) is 4.79 Å². The Hall–Kier alpha value is -1.52. The van der Waals surface area contributed by atoms with Crippen LogP contribution in [0.15, 0.2) is 36.4 Å². The highest BCUT2D eigenvalue weighted by molar-refractivity contribution is 7.13. The standard InChI is InChI=1S/C30H48O4SSi2/c1-12-21(17-18-31)26-16-14-23(35-26)20-32-22-13-15-24(27(29(2,3)4)33-36(8)9)25(19-22)28(30(5,6)7)34-37(10)11/h13-19,27-28,36-37H,12,20H2,1-11H3. The molecule has 4 nitrogen and oxygen atoms in total. The van der Waals surface area contributed by atoms with E-state index in [2.05, 4.69) is 105 Å². The van der Waals surface area contributed by atoms with Crippen molar-refractivity contribution in [2.45, 2.75) is 99.9 Å². The highest BCUT2D eigenvalue weighted by Gasteiger charge is 2.36. The maximum absolute atomic E-state index is 11.0. The van der Waals surface area contributed by atoms with E-state index < -0.39 is 18.1 Å². The second-order valence-electron chi connectivity index (χ2n) is 12.4. The largest absolute Gasteiger partial charge is 0.488 e. The van der Waals surface area contributed by atoms with E-state index in [1.54, 1.807) is 17.4 Å². The summed E-state index contributed by atoms with van der Waals surface area (Å²) in [4.78, 5) is 13.2. The molecule has 0 N–H and O–H groups in total. The van der Waals surface area contributed by atoms with Gasteiger partial charge in [-0.2, -0.15) is 0 Å². The third-order valence-electron chi connectivity index (χ3n) is 6.02. The van der Waals surface area contributed by atoms with Crippen molar-refractivity contribution in [2.24, 2.45) is 10.8 Å². The van der Waals surface area contributed by atoms with Crippen LogP contribution in [0.3, 0.4) is 0 Å². The Kier molecular flexibility index (Phi) is 11.6. The highest BCUT2D eigenvalue weighted by Crippen LogP contribution is 2.46. The lowest BCUT2D eigenvalue weighted by Gasteiger charge is -2.39. The van der Waals surface area contributed by atoms with Crippen LogP contribution in [0.4, 0.5) is 0 Å².